The van der Waals surface area contributed by atoms with E-state index in [1.807, 2.05) is 44.3 Å². The minimum Gasteiger partial charge on any atom is -0.349 e. The number of rotatable bonds is 4. The molecule has 1 N–H and O–H groups in total. The molecule has 168 valence electrons. The van der Waals surface area contributed by atoms with Crippen LogP contribution in [0.5, 0.6) is 0 Å². The first kappa shape index (κ1) is 21.2. The first-order chi connectivity index (χ1) is 15.2. The number of benzene rings is 2. The lowest BCUT2D eigenvalue weighted by Crippen LogP contribution is -2.52. The van der Waals surface area contributed by atoms with Crippen molar-refractivity contribution >= 4 is 26.8 Å². The van der Waals surface area contributed by atoms with Gasteiger partial charge in [0.25, 0.3) is 5.91 Å². The summed E-state index contributed by atoms with van der Waals surface area (Å²) < 4.78 is 28.2. The Morgan fingerprint density at radius 2 is 1.69 bits per heavy atom. The molecule has 32 heavy (non-hydrogen) atoms. The van der Waals surface area contributed by atoms with Gasteiger partial charge in [0, 0.05) is 36.1 Å². The number of amides is 1. The van der Waals surface area contributed by atoms with E-state index in [9.17, 15) is 13.2 Å². The van der Waals surface area contributed by atoms with E-state index >= 15 is 0 Å². The molecule has 7 heteroatoms. The molecular weight excluding hydrogens is 422 g/mol. The van der Waals surface area contributed by atoms with E-state index in [4.69, 9.17) is 0 Å². The van der Waals surface area contributed by atoms with Crippen molar-refractivity contribution in [2.45, 2.75) is 50.7 Å². The molecule has 2 fully saturated rings. The lowest BCUT2D eigenvalue weighted by molar-refractivity contribution is 0.0911. The maximum absolute atomic E-state index is 13.7. The molecule has 3 aromatic rings. The maximum atomic E-state index is 13.7. The second-order valence-corrected chi connectivity index (χ2v) is 11.2. The Kier molecular flexibility index (Phi) is 5.13. The summed E-state index contributed by atoms with van der Waals surface area (Å²) in [6.45, 7) is 2.04. The van der Waals surface area contributed by atoms with Crippen molar-refractivity contribution in [2.75, 3.05) is 6.26 Å². The van der Waals surface area contributed by atoms with Gasteiger partial charge in [0.05, 0.1) is 17.5 Å². The smallest absolute Gasteiger partial charge is 0.254 e. The zero-order chi connectivity index (χ0) is 22.6. The molecule has 2 saturated heterocycles. The Balaban J connectivity index is 1.51. The summed E-state index contributed by atoms with van der Waals surface area (Å²) in [4.78, 5) is 13.7. The van der Waals surface area contributed by atoms with E-state index in [0.717, 1.165) is 40.6 Å². The third-order valence-electron chi connectivity index (χ3n) is 7.01. The molecule has 1 amide bonds. The molecule has 3 heterocycles. The predicted octanol–water partition coefficient (Wildman–Crippen LogP) is 3.84. The summed E-state index contributed by atoms with van der Waals surface area (Å²) in [5, 5.41) is 4.21. The summed E-state index contributed by atoms with van der Waals surface area (Å²) in [5.41, 5.74) is 4.72. The first-order valence-corrected chi connectivity index (χ1v) is 13.0. The van der Waals surface area contributed by atoms with Crippen LogP contribution in [0.3, 0.4) is 0 Å². The first-order valence-electron chi connectivity index (χ1n) is 11.2. The average Bonchev–Trinajstić information content (AvgIpc) is 3.19. The van der Waals surface area contributed by atoms with E-state index in [-0.39, 0.29) is 24.0 Å². The number of aryl methyl sites for hydroxylation is 2. The number of piperidine rings is 1. The van der Waals surface area contributed by atoms with Crippen LogP contribution in [-0.2, 0) is 17.1 Å². The standard InChI is InChI=1S/C25H29N3O3S/c1-16-9-12-22-21(13-16)23(24(27(22)2)17-7-5-4-6-8-17)25(29)26-18-14-19-10-11-20(15-18)28(19)32(3,30)31/h4-9,12-13,18-20H,10-11,14-15H2,1-3H3,(H,26,29)/t18?,19-,20+. The van der Waals surface area contributed by atoms with Gasteiger partial charge in [0.1, 0.15) is 0 Å². The summed E-state index contributed by atoms with van der Waals surface area (Å²) >= 11 is 0. The van der Waals surface area contributed by atoms with E-state index in [2.05, 4.69) is 28.1 Å². The largest absolute Gasteiger partial charge is 0.349 e. The van der Waals surface area contributed by atoms with Crippen LogP contribution in [0.25, 0.3) is 22.2 Å². The molecule has 1 aromatic heterocycles. The summed E-state index contributed by atoms with van der Waals surface area (Å²) in [6.07, 6.45) is 4.36. The Morgan fingerprint density at radius 3 is 2.31 bits per heavy atom. The number of carbonyl (C=O) groups is 1. The maximum Gasteiger partial charge on any atom is 0.254 e. The number of aromatic nitrogens is 1. The molecular formula is C25H29N3O3S. The van der Waals surface area contributed by atoms with Gasteiger partial charge in [0.2, 0.25) is 10.0 Å². The highest BCUT2D eigenvalue weighted by Gasteiger charge is 2.45. The van der Waals surface area contributed by atoms with Gasteiger partial charge in [-0.1, -0.05) is 42.0 Å². The number of nitrogens with one attached hydrogen (secondary N) is 1. The highest BCUT2D eigenvalue weighted by molar-refractivity contribution is 7.88. The van der Waals surface area contributed by atoms with Crippen molar-refractivity contribution in [3.8, 4) is 11.3 Å². The van der Waals surface area contributed by atoms with Gasteiger partial charge in [0.15, 0.2) is 0 Å². The number of nitrogens with zero attached hydrogens (tertiary/aromatic N) is 2. The molecule has 0 aliphatic carbocycles. The van der Waals surface area contributed by atoms with Crippen molar-refractivity contribution < 1.29 is 13.2 Å². The zero-order valence-corrected chi connectivity index (χ0v) is 19.5. The minimum absolute atomic E-state index is 0.0163. The number of hydrogen-bond donors (Lipinski definition) is 1. The van der Waals surface area contributed by atoms with E-state index in [0.29, 0.717) is 18.4 Å². The average molecular weight is 452 g/mol. The third-order valence-corrected chi connectivity index (χ3v) is 8.38. The van der Waals surface area contributed by atoms with Crippen molar-refractivity contribution in [1.29, 1.82) is 0 Å². The fraction of sp³-hybridized carbons (Fsp3) is 0.400. The molecule has 2 bridgehead atoms. The lowest BCUT2D eigenvalue weighted by Gasteiger charge is -2.37. The fourth-order valence-electron chi connectivity index (χ4n) is 5.77. The van der Waals surface area contributed by atoms with Crippen LogP contribution in [0, 0.1) is 6.92 Å². The van der Waals surface area contributed by atoms with Crippen molar-refractivity contribution in [2.24, 2.45) is 7.05 Å². The van der Waals surface area contributed by atoms with Crippen LogP contribution in [-0.4, -0.2) is 47.6 Å². The lowest BCUT2D eigenvalue weighted by atomic mass is 9.98. The van der Waals surface area contributed by atoms with Crippen molar-refractivity contribution in [3.63, 3.8) is 0 Å². The van der Waals surface area contributed by atoms with Crippen LogP contribution in [0.1, 0.15) is 41.6 Å². The molecule has 5 rings (SSSR count). The molecule has 2 aliphatic rings. The molecule has 0 radical (unpaired) electrons. The van der Waals surface area contributed by atoms with Gasteiger partial charge in [-0.25, -0.2) is 8.42 Å². The summed E-state index contributed by atoms with van der Waals surface area (Å²) in [5.74, 6) is -0.0859. The number of hydrogen-bond acceptors (Lipinski definition) is 3. The van der Waals surface area contributed by atoms with E-state index in [1.165, 1.54) is 6.26 Å². The highest BCUT2D eigenvalue weighted by Crippen LogP contribution is 2.38. The molecule has 0 saturated carbocycles. The van der Waals surface area contributed by atoms with Gasteiger partial charge < -0.3 is 9.88 Å². The van der Waals surface area contributed by atoms with Crippen molar-refractivity contribution in [3.05, 3.63) is 59.7 Å². The fourth-order valence-corrected chi connectivity index (χ4v) is 7.24. The Labute approximate surface area is 189 Å². The van der Waals surface area contributed by atoms with Crippen molar-refractivity contribution in [1.82, 2.24) is 14.2 Å². The van der Waals surface area contributed by atoms with Gasteiger partial charge in [-0.05, 0) is 50.3 Å². The third kappa shape index (κ3) is 3.53. The van der Waals surface area contributed by atoms with E-state index in [1.54, 1.807) is 4.31 Å². The number of fused-ring (bicyclic) bond motifs is 3. The Bertz CT molecular complexity index is 1280. The normalized spacial score (nSPS) is 23.5. The van der Waals surface area contributed by atoms with Crippen LogP contribution in [0.15, 0.2) is 48.5 Å². The van der Waals surface area contributed by atoms with Gasteiger partial charge >= 0.3 is 0 Å². The molecule has 2 aliphatic heterocycles. The second kappa shape index (κ2) is 7.74. The van der Waals surface area contributed by atoms with E-state index < -0.39 is 10.0 Å². The molecule has 6 nitrogen and oxygen atoms in total. The van der Waals surface area contributed by atoms with Gasteiger partial charge in [-0.3, -0.25) is 4.79 Å². The van der Waals surface area contributed by atoms with Crippen LogP contribution < -0.4 is 5.32 Å². The SMILES string of the molecule is Cc1ccc2c(c1)c(C(=O)NC1C[C@H]3CC[C@@H](C1)N3S(C)(=O)=O)c(-c1ccccc1)n2C. The molecule has 0 spiro atoms. The topological polar surface area (TPSA) is 71.4 Å². The molecule has 2 aromatic carbocycles. The quantitative estimate of drug-likeness (QED) is 0.655. The Hall–Kier alpha value is -2.64. The molecule has 3 atom stereocenters. The van der Waals surface area contributed by atoms with Gasteiger partial charge in [-0.2, -0.15) is 4.31 Å². The van der Waals surface area contributed by atoms with Crippen LogP contribution in [0.4, 0.5) is 0 Å². The predicted molar refractivity (Wildman–Crippen MR) is 127 cm³/mol. The number of sulfonamides is 1. The minimum atomic E-state index is -3.22. The number of carbonyl (C=O) groups excluding carboxylic acids is 1. The Morgan fingerprint density at radius 1 is 1.03 bits per heavy atom. The monoisotopic (exact) mass is 451 g/mol. The second-order valence-electron chi connectivity index (χ2n) is 9.29. The van der Waals surface area contributed by atoms with Crippen LogP contribution in [0.2, 0.25) is 0 Å². The molecule has 1 unspecified atom stereocenters. The zero-order valence-electron chi connectivity index (χ0n) is 18.7. The van der Waals surface area contributed by atoms with Crippen LogP contribution >= 0.6 is 0 Å². The summed E-state index contributed by atoms with van der Waals surface area (Å²) in [6, 6.07) is 16.2. The van der Waals surface area contributed by atoms with Gasteiger partial charge in [-0.15, -0.1) is 0 Å². The highest BCUT2D eigenvalue weighted by atomic mass is 32.2. The summed E-state index contributed by atoms with van der Waals surface area (Å²) in [7, 11) is -1.22.